The molecule has 0 N–H and O–H groups in total. The van der Waals surface area contributed by atoms with Crippen LogP contribution >= 0.6 is 11.8 Å². The maximum absolute atomic E-state index is 11.7. The Bertz CT molecular complexity index is 440. The van der Waals surface area contributed by atoms with Crippen LogP contribution in [0.15, 0.2) is 23.1 Å². The van der Waals surface area contributed by atoms with E-state index in [4.69, 9.17) is 0 Å². The van der Waals surface area contributed by atoms with E-state index < -0.39 is 11.8 Å². The van der Waals surface area contributed by atoms with Crippen LogP contribution in [-0.4, -0.2) is 24.1 Å². The Morgan fingerprint density at radius 1 is 1.44 bits per heavy atom. The van der Waals surface area contributed by atoms with E-state index in [-0.39, 0.29) is 6.61 Å². The van der Waals surface area contributed by atoms with Gasteiger partial charge in [0.05, 0.1) is 6.61 Å². The van der Waals surface area contributed by atoms with E-state index in [1.807, 2.05) is 6.07 Å². The molecule has 1 aromatic rings. The number of rotatable bonds is 3. The average molecular weight is 236 g/mol. The van der Waals surface area contributed by atoms with Crippen LogP contribution in [0.1, 0.15) is 22.8 Å². The molecular formula is C12H12O3S. The van der Waals surface area contributed by atoms with Gasteiger partial charge < -0.3 is 4.74 Å². The van der Waals surface area contributed by atoms with E-state index in [9.17, 15) is 9.59 Å². The number of Topliss-reactive ketones (excluding diaryl/α,β-unsaturated/α-hetero) is 1. The standard InChI is InChI=1S/C12H12O3S/c1-2-15-12(14)11(13)9-3-4-10-8(7-9)5-6-16-10/h3-4,7H,2,5-6H2,1H3. The number of aryl methyl sites for hydroxylation is 1. The van der Waals surface area contributed by atoms with Gasteiger partial charge in [0.15, 0.2) is 0 Å². The number of ether oxygens (including phenoxy) is 1. The smallest absolute Gasteiger partial charge is 0.379 e. The van der Waals surface area contributed by atoms with Crippen molar-refractivity contribution in [3.05, 3.63) is 29.3 Å². The van der Waals surface area contributed by atoms with E-state index in [1.165, 1.54) is 4.90 Å². The summed E-state index contributed by atoms with van der Waals surface area (Å²) in [6, 6.07) is 5.39. The monoisotopic (exact) mass is 236 g/mol. The number of thioether (sulfide) groups is 1. The maximum atomic E-state index is 11.7. The maximum Gasteiger partial charge on any atom is 0.379 e. The highest BCUT2D eigenvalue weighted by molar-refractivity contribution is 7.99. The largest absolute Gasteiger partial charge is 0.460 e. The highest BCUT2D eigenvalue weighted by atomic mass is 32.2. The molecule has 0 atom stereocenters. The molecule has 0 spiro atoms. The first-order valence-electron chi connectivity index (χ1n) is 5.19. The van der Waals surface area contributed by atoms with Gasteiger partial charge in [-0.15, -0.1) is 11.8 Å². The summed E-state index contributed by atoms with van der Waals surface area (Å²) in [6.45, 7) is 1.91. The Balaban J connectivity index is 2.21. The molecule has 2 rings (SSSR count). The molecule has 16 heavy (non-hydrogen) atoms. The van der Waals surface area contributed by atoms with E-state index in [2.05, 4.69) is 4.74 Å². The Hall–Kier alpha value is -1.29. The van der Waals surface area contributed by atoms with Crippen LogP contribution in [0.2, 0.25) is 0 Å². The third kappa shape index (κ3) is 2.11. The van der Waals surface area contributed by atoms with Crippen LogP contribution in [-0.2, 0) is 16.0 Å². The van der Waals surface area contributed by atoms with Crippen LogP contribution in [0.5, 0.6) is 0 Å². The van der Waals surface area contributed by atoms with Crippen LogP contribution in [0, 0.1) is 0 Å². The number of carbonyl (C=O) groups is 2. The van der Waals surface area contributed by atoms with E-state index in [1.54, 1.807) is 30.8 Å². The minimum absolute atomic E-state index is 0.228. The lowest BCUT2D eigenvalue weighted by Gasteiger charge is -2.03. The fraction of sp³-hybridized carbons (Fsp3) is 0.333. The van der Waals surface area contributed by atoms with Crippen LogP contribution in [0.25, 0.3) is 0 Å². The van der Waals surface area contributed by atoms with Gasteiger partial charge in [0.25, 0.3) is 5.78 Å². The summed E-state index contributed by atoms with van der Waals surface area (Å²) in [5, 5.41) is 0. The van der Waals surface area contributed by atoms with Crippen molar-refractivity contribution in [1.29, 1.82) is 0 Å². The molecule has 0 radical (unpaired) electrons. The fourth-order valence-corrected chi connectivity index (χ4v) is 2.69. The molecule has 0 aromatic heterocycles. The molecule has 1 aliphatic rings. The first-order chi connectivity index (χ1) is 7.72. The van der Waals surface area contributed by atoms with Gasteiger partial charge in [0.1, 0.15) is 0 Å². The fourth-order valence-electron chi connectivity index (χ4n) is 1.64. The minimum atomic E-state index is -0.770. The number of hydrogen-bond acceptors (Lipinski definition) is 4. The molecule has 0 saturated carbocycles. The number of carbonyl (C=O) groups excluding carboxylic acids is 2. The number of benzene rings is 1. The van der Waals surface area contributed by atoms with Crippen molar-refractivity contribution in [3.63, 3.8) is 0 Å². The normalized spacial score (nSPS) is 13.3. The third-order valence-electron chi connectivity index (χ3n) is 2.41. The van der Waals surface area contributed by atoms with Crippen molar-refractivity contribution in [2.75, 3.05) is 12.4 Å². The van der Waals surface area contributed by atoms with Gasteiger partial charge in [-0.1, -0.05) is 0 Å². The zero-order chi connectivity index (χ0) is 11.5. The van der Waals surface area contributed by atoms with Crippen molar-refractivity contribution in [1.82, 2.24) is 0 Å². The minimum Gasteiger partial charge on any atom is -0.460 e. The first kappa shape index (κ1) is 11.2. The lowest BCUT2D eigenvalue weighted by molar-refractivity contribution is -0.137. The molecule has 0 aliphatic carbocycles. The molecule has 3 nitrogen and oxygen atoms in total. The zero-order valence-corrected chi connectivity index (χ0v) is 9.80. The van der Waals surface area contributed by atoms with Gasteiger partial charge >= 0.3 is 5.97 Å². The molecule has 1 aromatic carbocycles. The number of fused-ring (bicyclic) bond motifs is 1. The van der Waals surface area contributed by atoms with Crippen molar-refractivity contribution in [2.45, 2.75) is 18.2 Å². The van der Waals surface area contributed by atoms with Gasteiger partial charge in [-0.25, -0.2) is 4.79 Å². The average Bonchev–Trinajstić information content (AvgIpc) is 2.75. The third-order valence-corrected chi connectivity index (χ3v) is 3.53. The quantitative estimate of drug-likeness (QED) is 0.458. The van der Waals surface area contributed by atoms with Gasteiger partial charge in [-0.3, -0.25) is 4.79 Å². The second kappa shape index (κ2) is 4.70. The summed E-state index contributed by atoms with van der Waals surface area (Å²) in [5.41, 5.74) is 1.58. The highest BCUT2D eigenvalue weighted by Gasteiger charge is 2.20. The predicted molar refractivity (Wildman–Crippen MR) is 61.8 cm³/mol. The molecule has 0 unspecified atom stereocenters. The van der Waals surface area contributed by atoms with Crippen LogP contribution in [0.3, 0.4) is 0 Å². The summed E-state index contributed by atoms with van der Waals surface area (Å²) < 4.78 is 4.68. The van der Waals surface area contributed by atoms with Crippen molar-refractivity contribution in [3.8, 4) is 0 Å². The zero-order valence-electron chi connectivity index (χ0n) is 8.99. The Kier molecular flexibility index (Phi) is 3.29. The van der Waals surface area contributed by atoms with E-state index >= 15 is 0 Å². The van der Waals surface area contributed by atoms with Gasteiger partial charge in [-0.2, -0.15) is 0 Å². The summed E-state index contributed by atoms with van der Waals surface area (Å²) in [6.07, 6.45) is 0.962. The topological polar surface area (TPSA) is 43.4 Å². The molecule has 0 amide bonds. The van der Waals surface area contributed by atoms with E-state index in [0.29, 0.717) is 5.56 Å². The van der Waals surface area contributed by atoms with Gasteiger partial charge in [0, 0.05) is 16.2 Å². The molecule has 0 saturated heterocycles. The molecule has 4 heteroatoms. The molecule has 84 valence electrons. The number of esters is 1. The van der Waals surface area contributed by atoms with Crippen LogP contribution in [0.4, 0.5) is 0 Å². The molecule has 1 aliphatic heterocycles. The Morgan fingerprint density at radius 3 is 3.00 bits per heavy atom. The Labute approximate surface area is 98.2 Å². The van der Waals surface area contributed by atoms with Crippen LogP contribution < -0.4 is 0 Å². The van der Waals surface area contributed by atoms with Gasteiger partial charge in [0.2, 0.25) is 0 Å². The number of ketones is 1. The summed E-state index contributed by atoms with van der Waals surface area (Å²) in [4.78, 5) is 24.1. The van der Waals surface area contributed by atoms with E-state index in [0.717, 1.165) is 17.7 Å². The molecular weight excluding hydrogens is 224 g/mol. The summed E-state index contributed by atoms with van der Waals surface area (Å²) in [7, 11) is 0. The second-order valence-electron chi connectivity index (χ2n) is 3.47. The van der Waals surface area contributed by atoms with Crippen molar-refractivity contribution < 1.29 is 14.3 Å². The second-order valence-corrected chi connectivity index (χ2v) is 4.61. The van der Waals surface area contributed by atoms with Gasteiger partial charge in [-0.05, 0) is 37.1 Å². The molecule has 1 heterocycles. The lowest BCUT2D eigenvalue weighted by atomic mass is 10.1. The summed E-state index contributed by atoms with van der Waals surface area (Å²) >= 11 is 1.78. The number of hydrogen-bond donors (Lipinski definition) is 0. The van der Waals surface area contributed by atoms with Crippen molar-refractivity contribution >= 4 is 23.5 Å². The molecule has 0 bridgehead atoms. The molecule has 0 fully saturated rings. The predicted octanol–water partition coefficient (Wildman–Crippen LogP) is 2.08. The highest BCUT2D eigenvalue weighted by Crippen LogP contribution is 2.31. The first-order valence-corrected chi connectivity index (χ1v) is 6.18. The Morgan fingerprint density at radius 2 is 2.25 bits per heavy atom. The summed E-state index contributed by atoms with van der Waals surface area (Å²) in [5.74, 6) is -0.276. The lowest BCUT2D eigenvalue weighted by Crippen LogP contribution is -2.17. The SMILES string of the molecule is CCOC(=O)C(=O)c1ccc2c(c1)CCS2. The van der Waals surface area contributed by atoms with Crippen molar-refractivity contribution in [2.24, 2.45) is 0 Å².